The first kappa shape index (κ1) is 26.0. The van der Waals surface area contributed by atoms with Gasteiger partial charge in [0, 0.05) is 30.9 Å². The summed E-state index contributed by atoms with van der Waals surface area (Å²) in [6, 6.07) is 9.74. The molecule has 0 bridgehead atoms. The maximum Gasteiger partial charge on any atom is 0.255 e. The topological polar surface area (TPSA) is 91.5 Å². The number of benzene rings is 1. The largest absolute Gasteiger partial charge is 0.494 e. The van der Waals surface area contributed by atoms with Crippen LogP contribution in [0.4, 0.5) is 5.69 Å². The lowest BCUT2D eigenvalue weighted by Gasteiger charge is -2.36. The molecule has 35 heavy (non-hydrogen) atoms. The molecule has 7 heteroatoms. The normalized spacial score (nSPS) is 18.4. The van der Waals surface area contributed by atoms with Crippen LogP contribution in [-0.4, -0.2) is 41.4 Å². The molecule has 1 heterocycles. The Morgan fingerprint density at radius 3 is 2.37 bits per heavy atom. The first-order valence-corrected chi connectivity index (χ1v) is 11.9. The fraction of sp³-hybridized carbons (Fsp3) is 0.393. The molecule has 1 aromatic heterocycles. The van der Waals surface area contributed by atoms with Gasteiger partial charge < -0.3 is 19.9 Å². The molecule has 0 saturated carbocycles. The van der Waals surface area contributed by atoms with E-state index in [0.717, 1.165) is 11.3 Å². The van der Waals surface area contributed by atoms with Crippen molar-refractivity contribution in [3.63, 3.8) is 0 Å². The van der Waals surface area contributed by atoms with Gasteiger partial charge in [-0.1, -0.05) is 45.9 Å². The number of aromatic nitrogens is 1. The van der Waals surface area contributed by atoms with Crippen molar-refractivity contribution >= 4 is 17.5 Å². The summed E-state index contributed by atoms with van der Waals surface area (Å²) in [5.74, 6) is -0.216. The van der Waals surface area contributed by atoms with Crippen molar-refractivity contribution in [1.82, 2.24) is 9.88 Å². The van der Waals surface area contributed by atoms with Crippen LogP contribution in [0, 0.1) is 11.8 Å². The monoisotopic (exact) mass is 477 g/mol. The van der Waals surface area contributed by atoms with Crippen LogP contribution in [0.5, 0.6) is 0 Å². The van der Waals surface area contributed by atoms with Gasteiger partial charge in [0.15, 0.2) is 0 Å². The van der Waals surface area contributed by atoms with Crippen LogP contribution in [0.15, 0.2) is 71.4 Å². The zero-order valence-corrected chi connectivity index (χ0v) is 21.3. The molecule has 2 aromatic rings. The van der Waals surface area contributed by atoms with Crippen LogP contribution in [-0.2, 0) is 14.9 Å². The third-order valence-electron chi connectivity index (χ3n) is 6.25. The first-order chi connectivity index (χ1) is 16.5. The average Bonchev–Trinajstić information content (AvgIpc) is 2.80. The molecule has 0 fully saturated rings. The number of likely N-dealkylation sites (N-methyl/N-ethyl adjacent to an activating group) is 1. The van der Waals surface area contributed by atoms with Gasteiger partial charge in [0.25, 0.3) is 5.91 Å². The van der Waals surface area contributed by atoms with Crippen molar-refractivity contribution in [1.29, 1.82) is 0 Å². The number of pyridine rings is 1. The van der Waals surface area contributed by atoms with Crippen molar-refractivity contribution < 1.29 is 14.3 Å². The number of H-pyrrole nitrogens is 1. The summed E-state index contributed by atoms with van der Waals surface area (Å²) >= 11 is 0. The molecule has 2 amide bonds. The summed E-state index contributed by atoms with van der Waals surface area (Å²) in [4.78, 5) is 42.3. The maximum absolute atomic E-state index is 13.6. The molecule has 2 N–H and O–H groups in total. The van der Waals surface area contributed by atoms with E-state index in [2.05, 4.69) is 31.1 Å². The average molecular weight is 478 g/mol. The summed E-state index contributed by atoms with van der Waals surface area (Å²) in [7, 11) is 1.61. The third kappa shape index (κ3) is 6.29. The van der Waals surface area contributed by atoms with E-state index >= 15 is 0 Å². The minimum Gasteiger partial charge on any atom is -0.494 e. The predicted octanol–water partition coefficient (Wildman–Crippen LogP) is 4.49. The number of allylic oxidation sites excluding steroid dienone is 2. The molecule has 186 valence electrons. The van der Waals surface area contributed by atoms with E-state index in [1.54, 1.807) is 7.05 Å². The minimum atomic E-state index is -0.789. The Balaban J connectivity index is 1.90. The number of hydrogen-bond donors (Lipinski definition) is 2. The Bertz CT molecular complexity index is 1150. The Labute approximate surface area is 206 Å². The molecule has 0 aliphatic heterocycles. The fourth-order valence-corrected chi connectivity index (χ4v) is 4.21. The van der Waals surface area contributed by atoms with Crippen LogP contribution >= 0.6 is 0 Å². The molecular weight excluding hydrogens is 442 g/mol. The Morgan fingerprint density at radius 1 is 1.14 bits per heavy atom. The van der Waals surface area contributed by atoms with Crippen molar-refractivity contribution in [2.75, 3.05) is 19.0 Å². The highest BCUT2D eigenvalue weighted by molar-refractivity contribution is 6.01. The van der Waals surface area contributed by atoms with Crippen molar-refractivity contribution in [2.45, 2.75) is 46.1 Å². The Hall–Kier alpha value is -3.61. The fourth-order valence-electron chi connectivity index (χ4n) is 4.21. The van der Waals surface area contributed by atoms with Crippen LogP contribution in [0.2, 0.25) is 0 Å². The molecule has 1 aromatic carbocycles. The van der Waals surface area contributed by atoms with Gasteiger partial charge in [-0.2, -0.15) is 0 Å². The van der Waals surface area contributed by atoms with E-state index in [1.807, 2.05) is 56.3 Å². The van der Waals surface area contributed by atoms with Gasteiger partial charge in [-0.3, -0.25) is 14.4 Å². The quantitative estimate of drug-likeness (QED) is 0.615. The number of anilines is 1. The summed E-state index contributed by atoms with van der Waals surface area (Å²) in [5, 5.41) is 2.99. The molecule has 7 nitrogen and oxygen atoms in total. The van der Waals surface area contributed by atoms with Crippen molar-refractivity contribution in [2.24, 2.45) is 11.8 Å². The first-order valence-electron chi connectivity index (χ1n) is 11.9. The smallest absolute Gasteiger partial charge is 0.255 e. The second kappa shape index (κ2) is 10.8. The lowest BCUT2D eigenvalue weighted by Crippen LogP contribution is -2.50. The highest BCUT2D eigenvalue weighted by Gasteiger charge is 2.37. The predicted molar refractivity (Wildman–Crippen MR) is 138 cm³/mol. The van der Waals surface area contributed by atoms with Crippen LogP contribution < -0.4 is 10.9 Å². The zero-order chi connectivity index (χ0) is 25.8. The van der Waals surface area contributed by atoms with Gasteiger partial charge in [-0.05, 0) is 54.2 Å². The van der Waals surface area contributed by atoms with Crippen molar-refractivity contribution in [3.05, 3.63) is 88.1 Å². The van der Waals surface area contributed by atoms with Crippen molar-refractivity contribution in [3.8, 4) is 0 Å². The number of carbonyl (C=O) groups is 2. The zero-order valence-electron chi connectivity index (χ0n) is 21.3. The number of amides is 2. The number of carbonyl (C=O) groups excluding carboxylic acids is 2. The van der Waals surface area contributed by atoms with Crippen LogP contribution in [0.3, 0.4) is 0 Å². The number of hydrogen-bond acceptors (Lipinski definition) is 4. The highest BCUT2D eigenvalue weighted by Crippen LogP contribution is 2.30. The third-order valence-corrected chi connectivity index (χ3v) is 6.25. The molecule has 0 saturated heterocycles. The summed E-state index contributed by atoms with van der Waals surface area (Å²) in [5.41, 5.74) is 1.83. The van der Waals surface area contributed by atoms with Gasteiger partial charge in [0.05, 0.1) is 12.2 Å². The van der Waals surface area contributed by atoms with E-state index in [0.29, 0.717) is 17.9 Å². The summed E-state index contributed by atoms with van der Waals surface area (Å²) in [6.45, 7) is 10.9. The van der Waals surface area contributed by atoms with E-state index in [4.69, 9.17) is 4.74 Å². The number of rotatable bonds is 7. The molecule has 3 atom stereocenters. The number of aromatic amines is 1. The minimum absolute atomic E-state index is 0.00128. The molecule has 3 rings (SSSR count). The second-order valence-electron chi connectivity index (χ2n) is 9.92. The SMILES string of the molecule is CCOC1=CC(C)C(C(C(=O)Nc2ccc(C(C)(C)C)cc2)N(C)C(=O)c2ccc(=O)[nH]c2)C=C1. The lowest BCUT2D eigenvalue weighted by atomic mass is 9.82. The van der Waals surface area contributed by atoms with Gasteiger partial charge in [0.2, 0.25) is 11.5 Å². The molecule has 0 spiro atoms. The van der Waals surface area contributed by atoms with Gasteiger partial charge in [-0.15, -0.1) is 0 Å². The summed E-state index contributed by atoms with van der Waals surface area (Å²) in [6.07, 6.45) is 7.13. The van der Waals surface area contributed by atoms with E-state index < -0.39 is 6.04 Å². The van der Waals surface area contributed by atoms with Gasteiger partial charge in [-0.25, -0.2) is 0 Å². The van der Waals surface area contributed by atoms with E-state index in [-0.39, 0.29) is 34.6 Å². The molecule has 0 radical (unpaired) electrons. The molecule has 3 unspecified atom stereocenters. The van der Waals surface area contributed by atoms with Gasteiger partial charge >= 0.3 is 0 Å². The summed E-state index contributed by atoms with van der Waals surface area (Å²) < 4.78 is 5.62. The molecular formula is C28H35N3O4. The van der Waals surface area contributed by atoms with E-state index in [1.165, 1.54) is 23.2 Å². The molecule has 1 aliphatic rings. The standard InChI is InChI=1S/C28H35N3O4/c1-7-35-22-13-14-23(18(2)16-22)25(31(6)27(34)19-8-15-24(32)29-17-19)26(33)30-21-11-9-20(10-12-21)28(3,4)5/h8-18,23,25H,7H2,1-6H3,(H,29,32)(H,30,33). The molecule has 1 aliphatic carbocycles. The van der Waals surface area contributed by atoms with Gasteiger partial charge in [0.1, 0.15) is 11.8 Å². The lowest BCUT2D eigenvalue weighted by molar-refractivity contribution is -0.121. The maximum atomic E-state index is 13.6. The van der Waals surface area contributed by atoms with Crippen LogP contribution in [0.25, 0.3) is 0 Å². The second-order valence-corrected chi connectivity index (χ2v) is 9.92. The highest BCUT2D eigenvalue weighted by atomic mass is 16.5. The number of nitrogens with zero attached hydrogens (tertiary/aromatic N) is 1. The van der Waals surface area contributed by atoms with Crippen LogP contribution in [0.1, 0.15) is 50.5 Å². The van der Waals surface area contributed by atoms with E-state index in [9.17, 15) is 14.4 Å². The Morgan fingerprint density at radius 2 is 1.83 bits per heavy atom. The Kier molecular flexibility index (Phi) is 7.99. The number of ether oxygens (including phenoxy) is 1. The number of nitrogens with one attached hydrogen (secondary N) is 2.